The van der Waals surface area contributed by atoms with Gasteiger partial charge in [0.1, 0.15) is 12.8 Å². The molecule has 0 saturated heterocycles. The van der Waals surface area contributed by atoms with Crippen molar-refractivity contribution in [3.05, 3.63) is 76.6 Å². The van der Waals surface area contributed by atoms with Gasteiger partial charge in [-0.2, -0.15) is 5.10 Å². The lowest BCUT2D eigenvalue weighted by Crippen LogP contribution is -2.44. The smallest absolute Gasteiger partial charge is 0.274 e. The molecule has 3 amide bonds. The lowest BCUT2D eigenvalue weighted by atomic mass is 9.97. The van der Waals surface area contributed by atoms with E-state index in [-0.39, 0.29) is 36.6 Å². The number of aliphatic hydroxyl groups is 1. The molecule has 3 aromatic rings. The summed E-state index contributed by atoms with van der Waals surface area (Å²) < 4.78 is 7.48. The van der Waals surface area contributed by atoms with E-state index in [0.717, 1.165) is 62.5 Å². The van der Waals surface area contributed by atoms with Crippen LogP contribution in [0.25, 0.3) is 5.69 Å². The molecule has 2 N–H and O–H groups in total. The molecule has 1 fully saturated rings. The summed E-state index contributed by atoms with van der Waals surface area (Å²) in [6, 6.07) is 14.6. The van der Waals surface area contributed by atoms with E-state index in [9.17, 15) is 19.5 Å². The first kappa shape index (κ1) is 34.3. The first-order valence-corrected chi connectivity index (χ1v) is 17.3. The van der Waals surface area contributed by atoms with Crippen molar-refractivity contribution in [2.75, 3.05) is 25.0 Å². The first-order chi connectivity index (χ1) is 22.8. The van der Waals surface area contributed by atoms with Gasteiger partial charge in [-0.25, -0.2) is 4.68 Å². The molecule has 1 saturated carbocycles. The number of fused-ring (bicyclic) bond motifs is 1. The van der Waals surface area contributed by atoms with Crippen molar-refractivity contribution in [2.24, 2.45) is 0 Å². The van der Waals surface area contributed by atoms with Gasteiger partial charge in [-0.1, -0.05) is 70.2 Å². The molecule has 2 aromatic carbocycles. The summed E-state index contributed by atoms with van der Waals surface area (Å²) in [7, 11) is 0. The number of nitrogens with zero attached hydrogens (tertiary/aromatic N) is 4. The zero-order chi connectivity index (χ0) is 33.3. The molecule has 0 radical (unpaired) electrons. The van der Waals surface area contributed by atoms with E-state index in [0.29, 0.717) is 42.3 Å². The molecule has 1 aromatic heterocycles. The maximum atomic E-state index is 14.3. The van der Waals surface area contributed by atoms with Gasteiger partial charge in [0.05, 0.1) is 17.4 Å². The highest BCUT2D eigenvalue weighted by molar-refractivity contribution is 6.01. The summed E-state index contributed by atoms with van der Waals surface area (Å²) in [6.45, 7) is 7.57. The number of hydrogen-bond donors (Lipinski definition) is 2. The molecule has 2 aliphatic rings. The van der Waals surface area contributed by atoms with Crippen LogP contribution in [0.4, 0.5) is 5.69 Å². The number of benzene rings is 2. The molecule has 252 valence electrons. The topological polar surface area (TPSA) is 117 Å². The number of aryl methyl sites for hydroxylation is 1. The summed E-state index contributed by atoms with van der Waals surface area (Å²) in [5.74, 6) is -0.825. The van der Waals surface area contributed by atoms with Crippen LogP contribution in [0.3, 0.4) is 0 Å². The van der Waals surface area contributed by atoms with Crippen LogP contribution in [0.5, 0.6) is 0 Å². The molecule has 1 unspecified atom stereocenters. The Labute approximate surface area is 278 Å². The van der Waals surface area contributed by atoms with Crippen molar-refractivity contribution in [3.8, 4) is 5.69 Å². The largest absolute Gasteiger partial charge is 0.373 e. The third-order valence-corrected chi connectivity index (χ3v) is 9.18. The van der Waals surface area contributed by atoms with Crippen LogP contribution in [-0.4, -0.2) is 74.4 Å². The van der Waals surface area contributed by atoms with Crippen LogP contribution in [0.15, 0.2) is 48.5 Å². The van der Waals surface area contributed by atoms with Crippen LogP contribution < -0.4 is 5.32 Å². The van der Waals surface area contributed by atoms with Crippen molar-refractivity contribution in [1.29, 1.82) is 0 Å². The molecular formula is C37H49N5O5. The fourth-order valence-corrected chi connectivity index (χ4v) is 6.46. The monoisotopic (exact) mass is 643 g/mol. The number of carbonyl (C=O) groups excluding carboxylic acids is 3. The average molecular weight is 644 g/mol. The van der Waals surface area contributed by atoms with Crippen molar-refractivity contribution in [1.82, 2.24) is 19.6 Å². The van der Waals surface area contributed by atoms with Gasteiger partial charge in [0.25, 0.3) is 11.8 Å². The number of unbranched alkanes of at least 4 members (excludes halogenated alkanes) is 2. The van der Waals surface area contributed by atoms with E-state index in [2.05, 4.69) is 19.2 Å². The van der Waals surface area contributed by atoms with Gasteiger partial charge in [0.15, 0.2) is 5.69 Å². The predicted molar refractivity (Wildman–Crippen MR) is 182 cm³/mol. The molecule has 0 bridgehead atoms. The van der Waals surface area contributed by atoms with Crippen molar-refractivity contribution >= 4 is 23.4 Å². The standard InChI is InChI=1S/C37H49N5O5/c1-4-6-19-40(20-7-5-2)37(46)32-21-26(3)42(39-32)33-18-17-29(38-34(43)25-47-30-15-9-8-10-16-30)23-31(33)36(45)41-24-28-14-12-11-13-27(28)22-35(41)44/h11-14,17-18,21,23,30,35,44H,4-10,15-16,19-20,22,24-25H2,1-3H3,(H,38,43). The minimum atomic E-state index is -1.02. The minimum Gasteiger partial charge on any atom is -0.373 e. The minimum absolute atomic E-state index is 0.0619. The quantitative estimate of drug-likeness (QED) is 0.235. The van der Waals surface area contributed by atoms with Crippen molar-refractivity contribution in [2.45, 2.75) is 104 Å². The lowest BCUT2D eigenvalue weighted by molar-refractivity contribution is -0.123. The summed E-state index contributed by atoms with van der Waals surface area (Å²) in [5, 5.41) is 18.7. The number of aromatic nitrogens is 2. The zero-order valence-electron chi connectivity index (χ0n) is 28.0. The van der Waals surface area contributed by atoms with Gasteiger partial charge in [0.2, 0.25) is 5.91 Å². The SMILES string of the molecule is CCCCN(CCCC)C(=O)c1cc(C)n(-c2ccc(NC(=O)COC3CCCCC3)cc2C(=O)N2Cc3ccccc3CC2O)n1. The number of amides is 3. The van der Waals surface area contributed by atoms with Gasteiger partial charge >= 0.3 is 0 Å². The molecule has 47 heavy (non-hydrogen) atoms. The van der Waals surface area contributed by atoms with Crippen LogP contribution in [0.2, 0.25) is 0 Å². The van der Waals surface area contributed by atoms with Gasteiger partial charge in [0, 0.05) is 37.4 Å². The molecule has 1 atom stereocenters. The Balaban J connectivity index is 1.45. The molecule has 1 aliphatic heterocycles. The van der Waals surface area contributed by atoms with Gasteiger partial charge in [-0.15, -0.1) is 0 Å². The van der Waals surface area contributed by atoms with Crippen LogP contribution in [0.1, 0.15) is 109 Å². The highest BCUT2D eigenvalue weighted by Gasteiger charge is 2.31. The van der Waals surface area contributed by atoms with Crippen LogP contribution >= 0.6 is 0 Å². The van der Waals surface area contributed by atoms with Crippen molar-refractivity contribution in [3.63, 3.8) is 0 Å². The predicted octanol–water partition coefficient (Wildman–Crippen LogP) is 6.03. The van der Waals surface area contributed by atoms with E-state index in [4.69, 9.17) is 9.84 Å². The van der Waals surface area contributed by atoms with E-state index in [1.165, 1.54) is 11.3 Å². The van der Waals surface area contributed by atoms with Gasteiger partial charge < -0.3 is 25.0 Å². The Morgan fingerprint density at radius 3 is 2.38 bits per heavy atom. The number of aliphatic hydroxyl groups excluding tert-OH is 1. The molecule has 2 heterocycles. The fourth-order valence-electron chi connectivity index (χ4n) is 6.46. The second-order valence-corrected chi connectivity index (χ2v) is 12.8. The van der Waals surface area contributed by atoms with E-state index in [1.807, 2.05) is 36.1 Å². The molecule has 10 nitrogen and oxygen atoms in total. The number of anilines is 1. The number of hydrogen-bond acceptors (Lipinski definition) is 6. The molecule has 0 spiro atoms. The second-order valence-electron chi connectivity index (χ2n) is 12.8. The molecule has 5 rings (SSSR count). The Bertz CT molecular complexity index is 1540. The van der Waals surface area contributed by atoms with E-state index in [1.54, 1.807) is 28.9 Å². The summed E-state index contributed by atoms with van der Waals surface area (Å²) in [5.41, 5.74) is 4.14. The fraction of sp³-hybridized carbons (Fsp3) is 0.514. The van der Waals surface area contributed by atoms with E-state index >= 15 is 0 Å². The first-order valence-electron chi connectivity index (χ1n) is 17.3. The molecule has 10 heteroatoms. The maximum Gasteiger partial charge on any atom is 0.274 e. The number of carbonyl (C=O) groups is 3. The van der Waals surface area contributed by atoms with Gasteiger partial charge in [-0.05, 0) is 68.0 Å². The Morgan fingerprint density at radius 2 is 1.68 bits per heavy atom. The highest BCUT2D eigenvalue weighted by atomic mass is 16.5. The summed E-state index contributed by atoms with van der Waals surface area (Å²) in [6.07, 6.45) is 8.53. The third-order valence-electron chi connectivity index (χ3n) is 9.18. The lowest BCUT2D eigenvalue weighted by Gasteiger charge is -2.34. The number of rotatable bonds is 13. The zero-order valence-corrected chi connectivity index (χ0v) is 28.0. The number of nitrogens with one attached hydrogen (secondary N) is 1. The Morgan fingerprint density at radius 1 is 0.979 bits per heavy atom. The van der Waals surface area contributed by atoms with Crippen molar-refractivity contribution < 1.29 is 24.2 Å². The number of ether oxygens (including phenoxy) is 1. The molecular weight excluding hydrogens is 594 g/mol. The third kappa shape index (κ3) is 8.48. The maximum absolute atomic E-state index is 14.3. The summed E-state index contributed by atoms with van der Waals surface area (Å²) >= 11 is 0. The molecule has 1 aliphatic carbocycles. The average Bonchev–Trinajstić information content (AvgIpc) is 3.48. The Hall–Kier alpha value is -4.02. The highest BCUT2D eigenvalue weighted by Crippen LogP contribution is 2.28. The van der Waals surface area contributed by atoms with Crippen LogP contribution in [0, 0.1) is 6.92 Å². The summed E-state index contributed by atoms with van der Waals surface area (Å²) in [4.78, 5) is 44.1. The normalized spacial score (nSPS) is 16.5. The Kier molecular flexibility index (Phi) is 11.8. The van der Waals surface area contributed by atoms with E-state index < -0.39 is 12.1 Å². The van der Waals surface area contributed by atoms with Gasteiger partial charge in [-0.3, -0.25) is 14.4 Å². The second kappa shape index (κ2) is 16.2. The van der Waals surface area contributed by atoms with Crippen LogP contribution in [-0.2, 0) is 22.5 Å².